The molecule has 0 aliphatic carbocycles. The summed E-state index contributed by atoms with van der Waals surface area (Å²) in [6, 6.07) is 18.6. The van der Waals surface area contributed by atoms with Crippen LogP contribution in [0.4, 0.5) is 0 Å². The lowest BCUT2D eigenvalue weighted by Crippen LogP contribution is -2.46. The molecule has 0 fully saturated rings. The molecule has 14 nitrogen and oxygen atoms in total. The maximum absolute atomic E-state index is 13.2. The number of carbonyl (C=O) groups is 3. The first kappa shape index (κ1) is 33.7. The summed E-state index contributed by atoms with van der Waals surface area (Å²) < 4.78 is 69.8. The summed E-state index contributed by atoms with van der Waals surface area (Å²) in [6.45, 7) is 0.154. The average Bonchev–Trinajstić information content (AvgIpc) is 2.96. The molecule has 0 aromatic heterocycles. The quantitative estimate of drug-likeness (QED) is 0.124. The van der Waals surface area contributed by atoms with Crippen molar-refractivity contribution in [3.8, 4) is 11.5 Å². The molecule has 0 bridgehead atoms. The first-order chi connectivity index (χ1) is 20.7. The molecule has 0 aliphatic heterocycles. The van der Waals surface area contributed by atoms with E-state index >= 15 is 0 Å². The van der Waals surface area contributed by atoms with Gasteiger partial charge in [0, 0.05) is 26.1 Å². The van der Waals surface area contributed by atoms with Gasteiger partial charge in [-0.1, -0.05) is 54.6 Å². The summed E-state index contributed by atoms with van der Waals surface area (Å²) in [4.78, 5) is 38.8. The van der Waals surface area contributed by atoms with Gasteiger partial charge in [0.1, 0.15) is 17.5 Å². The topological polar surface area (TPSA) is 214 Å². The second-order valence-electron chi connectivity index (χ2n) is 9.12. The van der Waals surface area contributed by atoms with Gasteiger partial charge in [0.15, 0.2) is 0 Å². The Morgan fingerprint density at radius 1 is 0.795 bits per heavy atom. The Labute approximate surface area is 254 Å². The van der Waals surface area contributed by atoms with Crippen molar-refractivity contribution in [3.05, 3.63) is 102 Å². The predicted octanol–water partition coefficient (Wildman–Crippen LogP) is 1.27. The van der Waals surface area contributed by atoms with Crippen molar-refractivity contribution in [2.45, 2.75) is 18.9 Å². The van der Waals surface area contributed by atoms with Crippen molar-refractivity contribution >= 4 is 44.1 Å². The maximum Gasteiger partial charge on any atom is 0.446 e. The smallest absolute Gasteiger partial charge is 0.362 e. The van der Waals surface area contributed by atoms with E-state index in [1.807, 2.05) is 0 Å². The normalized spacial score (nSPS) is 12.5. The molecule has 0 spiro atoms. The Hall–Kier alpha value is -4.77. The molecule has 3 rings (SSSR count). The largest absolute Gasteiger partial charge is 0.446 e. The first-order valence-electron chi connectivity index (χ1n) is 12.8. The van der Waals surface area contributed by atoms with E-state index in [4.69, 9.17) is 9.11 Å². The first-order valence-corrected chi connectivity index (χ1v) is 15.5. The summed E-state index contributed by atoms with van der Waals surface area (Å²) in [5.74, 6) is -2.05. The highest BCUT2D eigenvalue weighted by molar-refractivity contribution is 7.81. The summed E-state index contributed by atoms with van der Waals surface area (Å²) in [6.07, 6.45) is 1.43. The molecule has 3 amide bonds. The molecule has 0 saturated heterocycles. The minimum Gasteiger partial charge on any atom is -0.362 e. The van der Waals surface area contributed by atoms with E-state index in [9.17, 15) is 31.2 Å². The maximum atomic E-state index is 13.2. The van der Waals surface area contributed by atoms with Gasteiger partial charge >= 0.3 is 20.8 Å². The van der Waals surface area contributed by atoms with Crippen LogP contribution in [0.1, 0.15) is 16.7 Å². The van der Waals surface area contributed by atoms with Crippen LogP contribution in [0.25, 0.3) is 5.57 Å². The zero-order chi connectivity index (χ0) is 32.3. The molecule has 16 heteroatoms. The van der Waals surface area contributed by atoms with Crippen LogP contribution >= 0.6 is 0 Å². The fourth-order valence-electron chi connectivity index (χ4n) is 3.91. The van der Waals surface area contributed by atoms with E-state index in [0.29, 0.717) is 17.5 Å². The van der Waals surface area contributed by atoms with Gasteiger partial charge in [-0.3, -0.25) is 23.5 Å². The monoisotopic (exact) mass is 647 g/mol. The van der Waals surface area contributed by atoms with Crippen molar-refractivity contribution in [1.82, 2.24) is 16.0 Å². The number of nitrogens with one attached hydrogen (secondary N) is 3. The Balaban J connectivity index is 1.71. The molecule has 1 unspecified atom stereocenters. The third kappa shape index (κ3) is 11.5. The Morgan fingerprint density at radius 2 is 1.32 bits per heavy atom. The summed E-state index contributed by atoms with van der Waals surface area (Å²) in [5.41, 5.74) is 1.73. The third-order valence-corrected chi connectivity index (χ3v) is 6.68. The van der Waals surface area contributed by atoms with Crippen LogP contribution < -0.4 is 24.3 Å². The van der Waals surface area contributed by atoms with Crippen molar-refractivity contribution in [1.29, 1.82) is 0 Å². The van der Waals surface area contributed by atoms with Gasteiger partial charge in [-0.15, -0.1) is 0 Å². The van der Waals surface area contributed by atoms with Crippen molar-refractivity contribution in [3.63, 3.8) is 0 Å². The summed E-state index contributed by atoms with van der Waals surface area (Å²) >= 11 is 0. The van der Waals surface area contributed by atoms with Crippen molar-refractivity contribution in [2.75, 3.05) is 13.6 Å². The molecule has 44 heavy (non-hydrogen) atoms. The minimum atomic E-state index is -4.71. The number of benzene rings is 3. The van der Waals surface area contributed by atoms with E-state index in [1.165, 1.54) is 43.4 Å². The minimum absolute atomic E-state index is 0.00629. The van der Waals surface area contributed by atoms with Crippen LogP contribution in [0.3, 0.4) is 0 Å². The number of hydrogen-bond donors (Lipinski definition) is 5. The number of hydrogen-bond acceptors (Lipinski definition) is 9. The molecule has 5 N–H and O–H groups in total. The zero-order valence-electron chi connectivity index (χ0n) is 23.2. The molecule has 3 aromatic carbocycles. The van der Waals surface area contributed by atoms with E-state index in [0.717, 1.165) is 11.6 Å². The lowest BCUT2D eigenvalue weighted by molar-refractivity contribution is -0.126. The molecule has 0 radical (unpaired) electrons. The summed E-state index contributed by atoms with van der Waals surface area (Å²) in [7, 11) is -7.97. The van der Waals surface area contributed by atoms with E-state index < -0.39 is 44.6 Å². The van der Waals surface area contributed by atoms with E-state index in [2.05, 4.69) is 24.3 Å². The molecule has 234 valence electrons. The molecule has 3 aromatic rings. The SMILES string of the molecule is CNC(=O)C(Cc1ccc(OS(=O)(=O)O)cc1)NC(=O)/C=C(\C(=O)NCCc1ccc(OS(=O)(=O)O)cc1)c1ccccc1. The average molecular weight is 648 g/mol. The van der Waals surface area contributed by atoms with Gasteiger partial charge in [0.2, 0.25) is 11.8 Å². The van der Waals surface area contributed by atoms with E-state index in [-0.39, 0.29) is 30.0 Å². The molecular weight excluding hydrogens is 618 g/mol. The molecule has 1 atom stereocenters. The molecule has 0 aliphatic rings. The fraction of sp³-hybridized carbons (Fsp3) is 0.179. The second-order valence-corrected chi connectivity index (χ2v) is 11.2. The van der Waals surface area contributed by atoms with Crippen LogP contribution in [0.2, 0.25) is 0 Å². The van der Waals surface area contributed by atoms with Crippen LogP contribution in [-0.2, 0) is 48.0 Å². The number of likely N-dealkylation sites (N-methyl/N-ethyl adjacent to an activating group) is 1. The number of carbonyl (C=O) groups excluding carboxylic acids is 3. The molecular formula is C28H29N3O11S2. The predicted molar refractivity (Wildman–Crippen MR) is 158 cm³/mol. The van der Waals surface area contributed by atoms with Crippen LogP contribution in [0.5, 0.6) is 11.5 Å². The van der Waals surface area contributed by atoms with Crippen LogP contribution in [0.15, 0.2) is 84.9 Å². The molecule has 0 saturated carbocycles. The Morgan fingerprint density at radius 3 is 1.82 bits per heavy atom. The number of amides is 3. The van der Waals surface area contributed by atoms with Gasteiger partial charge in [0.05, 0.1) is 5.57 Å². The van der Waals surface area contributed by atoms with Crippen LogP contribution in [0, 0.1) is 0 Å². The lowest BCUT2D eigenvalue weighted by atomic mass is 10.0. The van der Waals surface area contributed by atoms with Crippen molar-refractivity contribution < 1.29 is 48.7 Å². The standard InChI is InChI=1S/C28H29N3O11S2/c1-29-28(34)25(17-20-9-13-23(14-10-20)42-44(38,39)40)31-26(32)18-24(21-5-3-2-4-6-21)27(33)30-16-15-19-7-11-22(12-8-19)41-43(35,36)37/h2-14,18,25H,15-17H2,1H3,(H,29,34)(H,30,33)(H,31,32)(H,35,36,37)(H,38,39,40)/b24-18-. The molecule has 0 heterocycles. The summed E-state index contributed by atoms with van der Waals surface area (Å²) in [5, 5.41) is 7.77. The highest BCUT2D eigenvalue weighted by atomic mass is 32.3. The van der Waals surface area contributed by atoms with E-state index in [1.54, 1.807) is 42.5 Å². The highest BCUT2D eigenvalue weighted by Gasteiger charge is 2.21. The Kier molecular flexibility index (Phi) is 11.6. The van der Waals surface area contributed by atoms with Gasteiger partial charge in [0.25, 0.3) is 5.91 Å². The Bertz CT molecular complexity index is 1710. The van der Waals surface area contributed by atoms with Gasteiger partial charge in [-0.2, -0.15) is 16.8 Å². The van der Waals surface area contributed by atoms with Crippen LogP contribution in [-0.4, -0.2) is 63.3 Å². The van der Waals surface area contributed by atoms with Crippen molar-refractivity contribution in [2.24, 2.45) is 0 Å². The van der Waals surface area contributed by atoms with Gasteiger partial charge in [-0.05, 0) is 47.4 Å². The second kappa shape index (κ2) is 15.1. The highest BCUT2D eigenvalue weighted by Crippen LogP contribution is 2.17. The number of rotatable bonds is 14. The fourth-order valence-corrected chi connectivity index (χ4v) is 4.62. The van der Waals surface area contributed by atoms with Gasteiger partial charge in [-0.25, -0.2) is 0 Å². The zero-order valence-corrected chi connectivity index (χ0v) is 24.8. The third-order valence-electron chi connectivity index (χ3n) is 5.87. The lowest BCUT2D eigenvalue weighted by Gasteiger charge is -2.17. The van der Waals surface area contributed by atoms with Gasteiger partial charge < -0.3 is 24.3 Å².